The second-order valence-corrected chi connectivity index (χ2v) is 10.2. The van der Waals surface area contributed by atoms with E-state index in [9.17, 15) is 4.79 Å². The van der Waals surface area contributed by atoms with E-state index in [2.05, 4.69) is 12.2 Å². The third kappa shape index (κ3) is 18.7. The standard InChI is InChI=1S/C18H36O2.C10H19N/c1-2-3-4-5-6-7-8-9-10-11-12-13-14-15-16-17-18(19)20;1-2-6-9(5-1)11-10-7-3-4-8-10/h2-17H2,1H3,(H,19,20);9-11H,1-8H2. The molecular formula is C28H55NO2. The lowest BCUT2D eigenvalue weighted by Gasteiger charge is -2.17. The summed E-state index contributed by atoms with van der Waals surface area (Å²) in [7, 11) is 0. The Morgan fingerprint density at radius 2 is 0.935 bits per heavy atom. The largest absolute Gasteiger partial charge is 0.481 e. The number of nitrogens with one attached hydrogen (secondary N) is 1. The summed E-state index contributed by atoms with van der Waals surface area (Å²) in [6, 6.07) is 1.77. The first-order valence-electron chi connectivity index (χ1n) is 14.2. The van der Waals surface area contributed by atoms with Crippen molar-refractivity contribution in [1.82, 2.24) is 5.32 Å². The highest BCUT2D eigenvalue weighted by Gasteiger charge is 2.21. The fourth-order valence-corrected chi connectivity index (χ4v) is 5.17. The summed E-state index contributed by atoms with van der Waals surface area (Å²) < 4.78 is 0. The number of unbranched alkanes of at least 4 members (excludes halogenated alkanes) is 14. The number of carbonyl (C=O) groups is 1. The highest BCUT2D eigenvalue weighted by Crippen LogP contribution is 2.23. The third-order valence-electron chi connectivity index (χ3n) is 7.18. The zero-order valence-electron chi connectivity index (χ0n) is 21.0. The lowest BCUT2D eigenvalue weighted by molar-refractivity contribution is -0.137. The van der Waals surface area contributed by atoms with E-state index in [1.807, 2.05) is 0 Å². The minimum absolute atomic E-state index is 0.345. The van der Waals surface area contributed by atoms with Crippen LogP contribution in [0.1, 0.15) is 161 Å². The molecule has 2 fully saturated rings. The van der Waals surface area contributed by atoms with Crippen LogP contribution in [0.15, 0.2) is 0 Å². The van der Waals surface area contributed by atoms with Crippen LogP contribution in [0.5, 0.6) is 0 Å². The van der Waals surface area contributed by atoms with Gasteiger partial charge in [0.25, 0.3) is 0 Å². The van der Waals surface area contributed by atoms with Crippen molar-refractivity contribution in [3.05, 3.63) is 0 Å². The van der Waals surface area contributed by atoms with Crippen molar-refractivity contribution in [1.29, 1.82) is 0 Å². The Hall–Kier alpha value is -0.570. The van der Waals surface area contributed by atoms with Crippen LogP contribution in [0.4, 0.5) is 0 Å². The molecule has 0 aromatic rings. The molecule has 2 aliphatic carbocycles. The zero-order valence-corrected chi connectivity index (χ0v) is 21.0. The van der Waals surface area contributed by atoms with Crippen molar-refractivity contribution >= 4 is 5.97 Å². The van der Waals surface area contributed by atoms with Gasteiger partial charge in [0, 0.05) is 18.5 Å². The van der Waals surface area contributed by atoms with Gasteiger partial charge in [0.15, 0.2) is 0 Å². The van der Waals surface area contributed by atoms with E-state index in [1.165, 1.54) is 135 Å². The molecule has 0 amide bonds. The minimum Gasteiger partial charge on any atom is -0.481 e. The van der Waals surface area contributed by atoms with Gasteiger partial charge in [-0.3, -0.25) is 4.79 Å². The van der Waals surface area contributed by atoms with Gasteiger partial charge in [-0.25, -0.2) is 0 Å². The van der Waals surface area contributed by atoms with Crippen molar-refractivity contribution in [3.8, 4) is 0 Å². The molecule has 2 N–H and O–H groups in total. The van der Waals surface area contributed by atoms with Gasteiger partial charge in [-0.15, -0.1) is 0 Å². The fraction of sp³-hybridized carbons (Fsp3) is 0.964. The third-order valence-corrected chi connectivity index (χ3v) is 7.18. The molecule has 0 radical (unpaired) electrons. The zero-order chi connectivity index (χ0) is 22.4. The Morgan fingerprint density at radius 3 is 1.26 bits per heavy atom. The fourth-order valence-electron chi connectivity index (χ4n) is 5.17. The van der Waals surface area contributed by atoms with Crippen LogP contribution in [0.2, 0.25) is 0 Å². The van der Waals surface area contributed by atoms with Gasteiger partial charge in [0.1, 0.15) is 0 Å². The molecule has 0 aromatic carbocycles. The number of carboxylic acids is 1. The highest BCUT2D eigenvalue weighted by molar-refractivity contribution is 5.66. The lowest BCUT2D eigenvalue weighted by atomic mass is 10.0. The summed E-state index contributed by atoms with van der Waals surface area (Å²) in [5.41, 5.74) is 0. The van der Waals surface area contributed by atoms with Crippen LogP contribution in [0.25, 0.3) is 0 Å². The predicted octanol–water partition coefficient (Wildman–Crippen LogP) is 8.79. The van der Waals surface area contributed by atoms with Crippen molar-refractivity contribution in [2.24, 2.45) is 0 Å². The van der Waals surface area contributed by atoms with Crippen molar-refractivity contribution in [2.75, 3.05) is 0 Å². The van der Waals surface area contributed by atoms with Gasteiger partial charge in [0.2, 0.25) is 0 Å². The Morgan fingerprint density at radius 1 is 0.613 bits per heavy atom. The second-order valence-electron chi connectivity index (χ2n) is 10.2. The SMILES string of the molecule is C1CCC(NC2CCCC2)C1.CCCCCCCCCCCCCCCCCC(=O)O. The monoisotopic (exact) mass is 437 g/mol. The molecule has 0 aromatic heterocycles. The first-order valence-corrected chi connectivity index (χ1v) is 14.2. The smallest absolute Gasteiger partial charge is 0.303 e. The summed E-state index contributed by atoms with van der Waals surface area (Å²) in [6.07, 6.45) is 31.8. The molecule has 0 bridgehead atoms. The average molecular weight is 438 g/mol. The number of aliphatic carboxylic acids is 1. The Labute approximate surface area is 194 Å². The number of hydrogen-bond donors (Lipinski definition) is 2. The molecule has 0 unspecified atom stereocenters. The average Bonchev–Trinajstić information content (AvgIpc) is 3.46. The molecule has 0 saturated heterocycles. The maximum absolute atomic E-state index is 10.3. The molecule has 2 saturated carbocycles. The maximum Gasteiger partial charge on any atom is 0.303 e. The van der Waals surface area contributed by atoms with E-state index >= 15 is 0 Å². The van der Waals surface area contributed by atoms with E-state index < -0.39 is 5.97 Å². The van der Waals surface area contributed by atoms with Crippen LogP contribution in [-0.2, 0) is 4.79 Å². The van der Waals surface area contributed by atoms with Crippen LogP contribution >= 0.6 is 0 Å². The van der Waals surface area contributed by atoms with E-state index in [-0.39, 0.29) is 0 Å². The Bertz CT molecular complexity index is 372. The number of carboxylic acid groups (broad SMARTS) is 1. The minimum atomic E-state index is -0.653. The first kappa shape index (κ1) is 28.5. The van der Waals surface area contributed by atoms with E-state index in [0.29, 0.717) is 6.42 Å². The molecule has 2 aliphatic rings. The molecule has 0 atom stereocenters. The van der Waals surface area contributed by atoms with Gasteiger partial charge in [-0.05, 0) is 32.1 Å². The van der Waals surface area contributed by atoms with Crippen LogP contribution in [0, 0.1) is 0 Å². The summed E-state index contributed by atoms with van der Waals surface area (Å²) in [4.78, 5) is 10.3. The van der Waals surface area contributed by atoms with Gasteiger partial charge < -0.3 is 10.4 Å². The second kappa shape index (κ2) is 21.3. The molecule has 0 heterocycles. The number of hydrogen-bond acceptors (Lipinski definition) is 2. The highest BCUT2D eigenvalue weighted by atomic mass is 16.4. The van der Waals surface area contributed by atoms with Crippen LogP contribution < -0.4 is 5.32 Å². The Balaban J connectivity index is 0.000000361. The topological polar surface area (TPSA) is 49.3 Å². The number of rotatable bonds is 18. The van der Waals surface area contributed by atoms with Gasteiger partial charge in [0.05, 0.1) is 0 Å². The van der Waals surface area contributed by atoms with Crippen molar-refractivity contribution in [3.63, 3.8) is 0 Å². The summed E-state index contributed by atoms with van der Waals surface area (Å²) in [5, 5.41) is 12.3. The quantitative estimate of drug-likeness (QED) is 0.211. The van der Waals surface area contributed by atoms with Gasteiger partial charge >= 0.3 is 5.97 Å². The van der Waals surface area contributed by atoms with Crippen LogP contribution in [0.3, 0.4) is 0 Å². The summed E-state index contributed by atoms with van der Waals surface area (Å²) in [5.74, 6) is -0.653. The van der Waals surface area contributed by atoms with Gasteiger partial charge in [-0.2, -0.15) is 0 Å². The molecule has 3 heteroatoms. The van der Waals surface area contributed by atoms with Crippen molar-refractivity contribution < 1.29 is 9.90 Å². The molecule has 184 valence electrons. The van der Waals surface area contributed by atoms with E-state index in [4.69, 9.17) is 5.11 Å². The molecule has 0 spiro atoms. The molecule has 2 rings (SSSR count). The maximum atomic E-state index is 10.3. The van der Waals surface area contributed by atoms with Crippen LogP contribution in [-0.4, -0.2) is 23.2 Å². The summed E-state index contributed by atoms with van der Waals surface area (Å²) in [6.45, 7) is 2.27. The summed E-state index contributed by atoms with van der Waals surface area (Å²) >= 11 is 0. The molecule has 0 aliphatic heterocycles. The van der Waals surface area contributed by atoms with Crippen molar-refractivity contribution in [2.45, 2.75) is 173 Å². The molecule has 31 heavy (non-hydrogen) atoms. The predicted molar refractivity (Wildman–Crippen MR) is 135 cm³/mol. The van der Waals surface area contributed by atoms with Gasteiger partial charge in [-0.1, -0.05) is 122 Å². The van der Waals surface area contributed by atoms with E-state index in [0.717, 1.165) is 24.9 Å². The van der Waals surface area contributed by atoms with E-state index in [1.54, 1.807) is 0 Å². The molecular weight excluding hydrogens is 382 g/mol. The lowest BCUT2D eigenvalue weighted by Crippen LogP contribution is -2.34. The Kier molecular flexibility index (Phi) is 19.5. The molecule has 3 nitrogen and oxygen atoms in total. The normalized spacial score (nSPS) is 17.1. The first-order chi connectivity index (χ1) is 15.2.